The van der Waals surface area contributed by atoms with Gasteiger partial charge in [0.1, 0.15) is 6.10 Å². The second-order valence-corrected chi connectivity index (χ2v) is 11.1. The average molecular weight is 488 g/mol. The maximum atomic E-state index is 12.9. The van der Waals surface area contributed by atoms with Gasteiger partial charge in [-0.25, -0.2) is 13.4 Å². The summed E-state index contributed by atoms with van der Waals surface area (Å²) in [5, 5.41) is 0.675. The molecule has 0 radical (unpaired) electrons. The minimum absolute atomic E-state index is 0.0245. The molecule has 9 heteroatoms. The molecule has 0 N–H and O–H groups in total. The van der Waals surface area contributed by atoms with Gasteiger partial charge >= 0.3 is 0 Å². The molecular formula is C24H29N3O4S2. The molecule has 1 aromatic heterocycles. The summed E-state index contributed by atoms with van der Waals surface area (Å²) in [7, 11) is -3.53. The van der Waals surface area contributed by atoms with E-state index in [1.807, 2.05) is 39.0 Å². The van der Waals surface area contributed by atoms with Crippen molar-refractivity contribution in [1.82, 2.24) is 14.2 Å². The molecule has 1 aliphatic heterocycles. The van der Waals surface area contributed by atoms with E-state index < -0.39 is 10.0 Å². The highest BCUT2D eigenvalue weighted by atomic mass is 32.2. The number of aromatic nitrogens is 1. The largest absolute Gasteiger partial charge is 0.467 e. The van der Waals surface area contributed by atoms with Crippen LogP contribution in [-0.4, -0.2) is 60.8 Å². The lowest BCUT2D eigenvalue weighted by Crippen LogP contribution is -2.41. The molecule has 7 nitrogen and oxygen atoms in total. The quantitative estimate of drug-likeness (QED) is 0.496. The first-order valence-corrected chi connectivity index (χ1v) is 13.5. The Morgan fingerprint density at radius 1 is 1.12 bits per heavy atom. The van der Waals surface area contributed by atoms with E-state index in [1.165, 1.54) is 16.4 Å². The SMILES string of the molecule is CCN(CC)S(=O)(=O)c1ccc(C(=O)N2CCC(Oc3nc4c(C)cccc4s3)CC2)cc1. The van der Waals surface area contributed by atoms with Gasteiger partial charge in [0.25, 0.3) is 11.1 Å². The number of carbonyl (C=O) groups is 1. The second-order valence-electron chi connectivity index (χ2n) is 8.12. The molecule has 0 saturated carbocycles. The van der Waals surface area contributed by atoms with Crippen molar-refractivity contribution in [2.45, 2.75) is 44.6 Å². The topological polar surface area (TPSA) is 79.8 Å². The van der Waals surface area contributed by atoms with Gasteiger partial charge < -0.3 is 9.64 Å². The number of aryl methyl sites for hydroxylation is 1. The Kier molecular flexibility index (Phi) is 7.02. The smallest absolute Gasteiger partial charge is 0.274 e. The van der Waals surface area contributed by atoms with Crippen molar-refractivity contribution in [1.29, 1.82) is 0 Å². The minimum atomic E-state index is -3.53. The molecular weight excluding hydrogens is 458 g/mol. The number of nitrogens with zero attached hydrogens (tertiary/aromatic N) is 3. The molecule has 0 unspecified atom stereocenters. The van der Waals surface area contributed by atoms with Crippen LogP contribution in [0.15, 0.2) is 47.4 Å². The first kappa shape index (κ1) is 23.7. The van der Waals surface area contributed by atoms with E-state index in [1.54, 1.807) is 28.4 Å². The van der Waals surface area contributed by atoms with Gasteiger partial charge in [0, 0.05) is 44.6 Å². The fourth-order valence-electron chi connectivity index (χ4n) is 4.10. The van der Waals surface area contributed by atoms with Crippen molar-refractivity contribution >= 4 is 37.5 Å². The fraction of sp³-hybridized carbons (Fsp3) is 0.417. The molecule has 1 aliphatic rings. The highest BCUT2D eigenvalue weighted by Gasteiger charge is 2.27. The monoisotopic (exact) mass is 487 g/mol. The van der Waals surface area contributed by atoms with Crippen LogP contribution in [0.25, 0.3) is 10.2 Å². The number of para-hydroxylation sites is 1. The van der Waals surface area contributed by atoms with Gasteiger partial charge in [0.05, 0.1) is 15.1 Å². The standard InChI is InChI=1S/C24H29N3O4S2/c1-4-27(5-2)33(29,30)20-11-9-18(10-12-20)23(28)26-15-13-19(14-16-26)31-24-25-22-17(3)7-6-8-21(22)32-24/h6-12,19H,4-5,13-16H2,1-3H3. The van der Waals surface area contributed by atoms with Crippen LogP contribution in [0.1, 0.15) is 42.6 Å². The van der Waals surface area contributed by atoms with E-state index in [4.69, 9.17) is 4.74 Å². The third kappa shape index (κ3) is 4.90. The Morgan fingerprint density at radius 2 is 1.79 bits per heavy atom. The van der Waals surface area contributed by atoms with E-state index in [0.29, 0.717) is 36.9 Å². The van der Waals surface area contributed by atoms with Crippen molar-refractivity contribution < 1.29 is 17.9 Å². The molecule has 2 aromatic carbocycles. The first-order valence-electron chi connectivity index (χ1n) is 11.3. The number of piperidine rings is 1. The Bertz CT molecular complexity index is 1230. The maximum Gasteiger partial charge on any atom is 0.274 e. The van der Waals surface area contributed by atoms with E-state index in [0.717, 1.165) is 28.6 Å². The zero-order valence-corrected chi connectivity index (χ0v) is 20.8. The predicted molar refractivity (Wildman–Crippen MR) is 130 cm³/mol. The zero-order valence-electron chi connectivity index (χ0n) is 19.2. The average Bonchev–Trinajstić information content (AvgIpc) is 3.24. The summed E-state index contributed by atoms with van der Waals surface area (Å²) in [6.07, 6.45) is 1.49. The van der Waals surface area contributed by atoms with Gasteiger partial charge in [-0.15, -0.1) is 0 Å². The van der Waals surface area contributed by atoms with Crippen molar-refractivity contribution in [2.75, 3.05) is 26.2 Å². The number of ether oxygens (including phenoxy) is 1. The van der Waals surface area contributed by atoms with E-state index >= 15 is 0 Å². The molecule has 0 atom stereocenters. The van der Waals surface area contributed by atoms with Crippen LogP contribution in [0.3, 0.4) is 0 Å². The highest BCUT2D eigenvalue weighted by molar-refractivity contribution is 7.89. The van der Waals surface area contributed by atoms with Crippen LogP contribution in [-0.2, 0) is 10.0 Å². The van der Waals surface area contributed by atoms with Gasteiger partial charge in [-0.05, 0) is 42.8 Å². The second kappa shape index (κ2) is 9.79. The third-order valence-corrected chi connectivity index (χ3v) is 9.02. The number of hydrogen-bond acceptors (Lipinski definition) is 6. The number of amides is 1. The number of fused-ring (bicyclic) bond motifs is 1. The maximum absolute atomic E-state index is 12.9. The van der Waals surface area contributed by atoms with Crippen molar-refractivity contribution in [2.24, 2.45) is 0 Å². The molecule has 33 heavy (non-hydrogen) atoms. The Balaban J connectivity index is 1.36. The van der Waals surface area contributed by atoms with E-state index in [-0.39, 0.29) is 16.9 Å². The molecule has 1 amide bonds. The van der Waals surface area contributed by atoms with Gasteiger partial charge in [0.15, 0.2) is 0 Å². The van der Waals surface area contributed by atoms with Crippen LogP contribution in [0, 0.1) is 6.92 Å². The number of sulfonamides is 1. The molecule has 1 fully saturated rings. The lowest BCUT2D eigenvalue weighted by atomic mass is 10.1. The summed E-state index contributed by atoms with van der Waals surface area (Å²) in [5.41, 5.74) is 2.61. The van der Waals surface area contributed by atoms with Crippen molar-refractivity contribution in [3.05, 3.63) is 53.6 Å². The van der Waals surface area contributed by atoms with Crippen LogP contribution in [0.4, 0.5) is 0 Å². The van der Waals surface area contributed by atoms with Crippen molar-refractivity contribution in [3.8, 4) is 5.19 Å². The Morgan fingerprint density at radius 3 is 2.39 bits per heavy atom. The van der Waals surface area contributed by atoms with Crippen LogP contribution in [0.2, 0.25) is 0 Å². The molecule has 4 rings (SSSR count). The number of carbonyl (C=O) groups excluding carboxylic acids is 1. The van der Waals surface area contributed by atoms with E-state index in [9.17, 15) is 13.2 Å². The zero-order chi connectivity index (χ0) is 23.6. The van der Waals surface area contributed by atoms with E-state index in [2.05, 4.69) is 4.98 Å². The Hall–Kier alpha value is -2.49. The summed E-state index contributed by atoms with van der Waals surface area (Å²) in [6, 6.07) is 12.4. The lowest BCUT2D eigenvalue weighted by molar-refractivity contribution is 0.0595. The summed E-state index contributed by atoms with van der Waals surface area (Å²) in [6.45, 7) is 7.66. The summed E-state index contributed by atoms with van der Waals surface area (Å²) in [5.74, 6) is -0.0872. The number of benzene rings is 2. The molecule has 0 bridgehead atoms. The van der Waals surface area contributed by atoms with Gasteiger partial charge in [-0.1, -0.05) is 37.3 Å². The van der Waals surface area contributed by atoms with Crippen molar-refractivity contribution in [3.63, 3.8) is 0 Å². The van der Waals surface area contributed by atoms with Crippen LogP contribution in [0.5, 0.6) is 5.19 Å². The molecule has 176 valence electrons. The molecule has 0 spiro atoms. The highest BCUT2D eigenvalue weighted by Crippen LogP contribution is 2.31. The normalized spacial score (nSPS) is 15.3. The number of rotatable bonds is 7. The van der Waals surface area contributed by atoms with Gasteiger partial charge in [-0.3, -0.25) is 4.79 Å². The summed E-state index contributed by atoms with van der Waals surface area (Å²) in [4.78, 5) is 19.6. The van der Waals surface area contributed by atoms with Gasteiger partial charge in [0.2, 0.25) is 10.0 Å². The molecule has 2 heterocycles. The summed E-state index contributed by atoms with van der Waals surface area (Å²) >= 11 is 1.55. The number of likely N-dealkylation sites (tertiary alicyclic amines) is 1. The third-order valence-electron chi connectivity index (χ3n) is 6.04. The van der Waals surface area contributed by atoms with Crippen LogP contribution < -0.4 is 4.74 Å². The molecule has 0 aliphatic carbocycles. The lowest BCUT2D eigenvalue weighted by Gasteiger charge is -2.31. The first-order chi connectivity index (χ1) is 15.8. The number of hydrogen-bond donors (Lipinski definition) is 0. The molecule has 1 saturated heterocycles. The fourth-order valence-corrected chi connectivity index (χ4v) is 6.52. The number of thiazole rings is 1. The summed E-state index contributed by atoms with van der Waals surface area (Å²) < 4.78 is 33.9. The minimum Gasteiger partial charge on any atom is -0.467 e. The predicted octanol–water partition coefficient (Wildman–Crippen LogP) is 4.32. The van der Waals surface area contributed by atoms with Gasteiger partial charge in [-0.2, -0.15) is 4.31 Å². The Labute approximate surface area is 199 Å². The molecule has 3 aromatic rings. The van der Waals surface area contributed by atoms with Crippen LogP contribution >= 0.6 is 11.3 Å².